The van der Waals surface area contributed by atoms with Crippen LogP contribution in [0, 0.1) is 6.92 Å². The summed E-state index contributed by atoms with van der Waals surface area (Å²) in [4.78, 5) is 4.70. The van der Waals surface area contributed by atoms with Gasteiger partial charge >= 0.3 is 0 Å². The highest BCUT2D eigenvalue weighted by Gasteiger charge is 2.28. The number of aryl methyl sites for hydroxylation is 1. The van der Waals surface area contributed by atoms with Crippen molar-refractivity contribution in [2.24, 2.45) is 5.10 Å². The summed E-state index contributed by atoms with van der Waals surface area (Å²) in [5, 5.41) is 9.28. The van der Waals surface area contributed by atoms with Gasteiger partial charge in [-0.1, -0.05) is 71.5 Å². The molecule has 0 saturated heterocycles. The van der Waals surface area contributed by atoms with Gasteiger partial charge in [0.2, 0.25) is 5.13 Å². The molecule has 0 bridgehead atoms. The lowest BCUT2D eigenvalue weighted by atomic mass is 10.2. The zero-order valence-electron chi connectivity index (χ0n) is 21.1. The lowest BCUT2D eigenvalue weighted by Crippen LogP contribution is -2.44. The predicted molar refractivity (Wildman–Crippen MR) is 155 cm³/mol. The summed E-state index contributed by atoms with van der Waals surface area (Å²) in [6.45, 7) is 1.84. The molecule has 0 aliphatic carbocycles. The van der Waals surface area contributed by atoms with E-state index in [1.54, 1.807) is 35.7 Å². The molecule has 0 radical (unpaired) electrons. The Balaban J connectivity index is 0.000000237. The van der Waals surface area contributed by atoms with Gasteiger partial charge in [0.25, 0.3) is 10.1 Å². The number of methoxy groups -OCH3 is 1. The van der Waals surface area contributed by atoms with E-state index < -0.39 is 10.1 Å². The van der Waals surface area contributed by atoms with Gasteiger partial charge < -0.3 is 4.74 Å². The van der Waals surface area contributed by atoms with E-state index in [0.717, 1.165) is 43.7 Å². The summed E-state index contributed by atoms with van der Waals surface area (Å²) in [6.07, 6.45) is 0. The highest BCUT2D eigenvalue weighted by Crippen LogP contribution is 2.33. The van der Waals surface area contributed by atoms with E-state index in [1.165, 1.54) is 12.1 Å². The molecule has 4 aromatic carbocycles. The van der Waals surface area contributed by atoms with Gasteiger partial charge in [0.1, 0.15) is 5.75 Å². The third-order valence-corrected chi connectivity index (χ3v) is 7.60. The van der Waals surface area contributed by atoms with Crippen LogP contribution in [-0.2, 0) is 10.1 Å². The zero-order valence-corrected chi connectivity index (χ0v) is 22.7. The number of rotatable bonds is 5. The van der Waals surface area contributed by atoms with Crippen molar-refractivity contribution >= 4 is 48.3 Å². The van der Waals surface area contributed by atoms with Crippen molar-refractivity contribution in [1.29, 1.82) is 0 Å². The van der Waals surface area contributed by atoms with Crippen molar-refractivity contribution in [3.63, 3.8) is 0 Å². The second-order valence-corrected chi connectivity index (χ2v) is 10.9. The molecule has 0 atom stereocenters. The molecule has 1 aromatic heterocycles. The zero-order chi connectivity index (χ0) is 27.4. The number of benzene rings is 4. The van der Waals surface area contributed by atoms with Crippen LogP contribution in [0.3, 0.4) is 0 Å². The minimum atomic E-state index is -4.02. The van der Waals surface area contributed by atoms with E-state index in [9.17, 15) is 8.42 Å². The Kier molecular flexibility index (Phi) is 7.46. The quantitative estimate of drug-likeness (QED) is 0.266. The molecule has 0 saturated carbocycles. The number of hydrazone groups is 1. The summed E-state index contributed by atoms with van der Waals surface area (Å²) < 4.78 is 36.0. The Labute approximate surface area is 230 Å². The summed E-state index contributed by atoms with van der Waals surface area (Å²) >= 11 is 1.60. The van der Waals surface area contributed by atoms with Crippen molar-refractivity contribution < 1.29 is 17.7 Å². The fourth-order valence-electron chi connectivity index (χ4n) is 3.71. The van der Waals surface area contributed by atoms with E-state index in [1.807, 2.05) is 84.8 Å². The molecule has 39 heavy (non-hydrogen) atoms. The molecule has 9 nitrogen and oxygen atoms in total. The van der Waals surface area contributed by atoms with Crippen LogP contribution < -0.4 is 20.4 Å². The average molecular weight is 560 g/mol. The highest BCUT2D eigenvalue weighted by atomic mass is 32.2. The first kappa shape index (κ1) is 26.2. The lowest BCUT2D eigenvalue weighted by molar-refractivity contribution is 0.415. The monoisotopic (exact) mass is 559 g/mol. The average Bonchev–Trinajstić information content (AvgIpc) is 3.59. The molecule has 1 aliphatic rings. The smallest absolute Gasteiger partial charge is 0.294 e. The molecular formula is C28H25N5O4S2. The van der Waals surface area contributed by atoms with Gasteiger partial charge in [-0.2, -0.15) is 13.5 Å². The standard InChI is InChI=1S/C21H17N5OS.C7H8O3S/c1-27-17-13-11-16(12-14-17)25-23-20(15-7-3-2-4-8-15)24-26(25)21-22-18-9-5-6-10-19(18)28-21;1-6-2-4-7(5-3-6)11(8,9)10/h2-14H,1H3,(H,23,24);2-5H,1H3,(H,8,9,10). The first-order valence-electron chi connectivity index (χ1n) is 11.9. The largest absolute Gasteiger partial charge is 0.497 e. The normalized spacial score (nSPS) is 12.9. The van der Waals surface area contributed by atoms with Crippen LogP contribution in [0.4, 0.5) is 10.8 Å². The molecule has 0 spiro atoms. The van der Waals surface area contributed by atoms with Crippen LogP contribution in [0.1, 0.15) is 11.1 Å². The molecule has 2 heterocycles. The van der Waals surface area contributed by atoms with Crippen LogP contribution in [-0.4, -0.2) is 30.9 Å². The number of thiazole rings is 1. The molecule has 2 N–H and O–H groups in total. The number of anilines is 2. The molecule has 0 unspecified atom stereocenters. The topological polar surface area (TPSA) is 107 Å². The fraction of sp³-hybridized carbons (Fsp3) is 0.0714. The molecule has 11 heteroatoms. The number of hydrogen-bond acceptors (Lipinski definition) is 9. The molecule has 0 fully saturated rings. The van der Waals surface area contributed by atoms with Crippen molar-refractivity contribution in [3.05, 3.63) is 114 Å². The number of nitrogens with one attached hydrogen (secondary N) is 1. The van der Waals surface area contributed by atoms with Crippen LogP contribution in [0.15, 0.2) is 113 Å². The summed E-state index contributed by atoms with van der Waals surface area (Å²) in [7, 11) is -2.36. The predicted octanol–water partition coefficient (Wildman–Crippen LogP) is 5.65. The van der Waals surface area contributed by atoms with Gasteiger partial charge in [-0.15, -0.1) is 10.2 Å². The van der Waals surface area contributed by atoms with E-state index in [-0.39, 0.29) is 4.90 Å². The van der Waals surface area contributed by atoms with Gasteiger partial charge in [-0.05, 0) is 55.5 Å². The number of fused-ring (bicyclic) bond motifs is 1. The summed E-state index contributed by atoms with van der Waals surface area (Å²) in [6, 6.07) is 31.9. The maximum Gasteiger partial charge on any atom is 0.294 e. The second-order valence-electron chi connectivity index (χ2n) is 8.48. The van der Waals surface area contributed by atoms with Crippen molar-refractivity contribution in [2.75, 3.05) is 17.3 Å². The Morgan fingerprint density at radius 3 is 2.18 bits per heavy atom. The maximum absolute atomic E-state index is 10.5. The number of hydrogen-bond donors (Lipinski definition) is 2. The SMILES string of the molecule is COc1ccc(N2NC(c3ccccc3)=NN2c2nc3ccccc3s2)cc1.Cc1ccc(S(=O)(=O)O)cc1. The number of hydrazine groups is 2. The number of aromatic nitrogens is 1. The van der Waals surface area contributed by atoms with Crippen molar-refractivity contribution in [3.8, 4) is 5.75 Å². The van der Waals surface area contributed by atoms with Crippen LogP contribution in [0.5, 0.6) is 5.75 Å². The van der Waals surface area contributed by atoms with Gasteiger partial charge in [0, 0.05) is 5.56 Å². The minimum Gasteiger partial charge on any atom is -0.497 e. The Hall–Kier alpha value is -4.45. The molecule has 5 aromatic rings. The number of para-hydroxylation sites is 1. The lowest BCUT2D eigenvalue weighted by Gasteiger charge is -2.25. The van der Waals surface area contributed by atoms with Gasteiger partial charge in [0.05, 0.1) is 27.9 Å². The van der Waals surface area contributed by atoms with Gasteiger partial charge in [-0.3, -0.25) is 9.98 Å². The minimum absolute atomic E-state index is 0.0666. The van der Waals surface area contributed by atoms with E-state index in [0.29, 0.717) is 0 Å². The first-order chi connectivity index (χ1) is 18.8. The van der Waals surface area contributed by atoms with Gasteiger partial charge in [-0.25, -0.2) is 4.98 Å². The summed E-state index contributed by atoms with van der Waals surface area (Å²) in [5.74, 6) is 1.56. The molecule has 6 rings (SSSR count). The number of amidine groups is 1. The van der Waals surface area contributed by atoms with Crippen molar-refractivity contribution in [2.45, 2.75) is 11.8 Å². The second kappa shape index (κ2) is 11.1. The molecule has 1 aliphatic heterocycles. The Morgan fingerprint density at radius 2 is 1.54 bits per heavy atom. The Bertz CT molecular complexity index is 1670. The van der Waals surface area contributed by atoms with Crippen LogP contribution >= 0.6 is 11.3 Å². The Morgan fingerprint density at radius 1 is 0.872 bits per heavy atom. The maximum atomic E-state index is 10.5. The number of nitrogens with zero attached hydrogens (tertiary/aromatic N) is 4. The van der Waals surface area contributed by atoms with Gasteiger partial charge in [0.15, 0.2) is 5.84 Å². The molecule has 198 valence electrons. The molecular weight excluding hydrogens is 534 g/mol. The van der Waals surface area contributed by atoms with Crippen LogP contribution in [0.2, 0.25) is 0 Å². The van der Waals surface area contributed by atoms with Crippen molar-refractivity contribution in [1.82, 2.24) is 10.4 Å². The highest BCUT2D eigenvalue weighted by molar-refractivity contribution is 7.85. The fourth-order valence-corrected chi connectivity index (χ4v) is 5.10. The summed E-state index contributed by atoms with van der Waals surface area (Å²) in [5.41, 5.74) is 7.23. The third-order valence-electron chi connectivity index (χ3n) is 5.73. The number of ether oxygens (including phenoxy) is 1. The van der Waals surface area contributed by atoms with Crippen LogP contribution in [0.25, 0.3) is 10.2 Å². The van der Waals surface area contributed by atoms with E-state index in [2.05, 4.69) is 11.5 Å². The molecule has 0 amide bonds. The van der Waals surface area contributed by atoms with E-state index >= 15 is 0 Å². The third kappa shape index (κ3) is 6.01. The first-order valence-corrected chi connectivity index (χ1v) is 14.1. The van der Waals surface area contributed by atoms with E-state index in [4.69, 9.17) is 19.4 Å².